The van der Waals surface area contributed by atoms with Crippen molar-refractivity contribution in [3.8, 4) is 17.1 Å². The molecule has 0 spiro atoms. The average molecular weight is 516 g/mol. The van der Waals surface area contributed by atoms with Gasteiger partial charge in [0.05, 0.1) is 15.6 Å². The van der Waals surface area contributed by atoms with E-state index in [1.54, 1.807) is 47.8 Å². The second kappa shape index (κ2) is 9.74. The number of rotatable bonds is 6. The second-order valence-corrected chi connectivity index (χ2v) is 8.39. The van der Waals surface area contributed by atoms with Gasteiger partial charge in [0.25, 0.3) is 11.2 Å². The Morgan fingerprint density at radius 3 is 2.21 bits per heavy atom. The van der Waals surface area contributed by atoms with E-state index in [-0.39, 0.29) is 27.9 Å². The van der Waals surface area contributed by atoms with Gasteiger partial charge in [-0.2, -0.15) is 4.98 Å². The summed E-state index contributed by atoms with van der Waals surface area (Å²) in [5, 5.41) is 21.6. The number of hydrogen-bond acceptors (Lipinski definition) is 5. The summed E-state index contributed by atoms with van der Waals surface area (Å²) in [5.41, 5.74) is 0.965. The molecule has 3 N–H and O–H groups in total. The first-order chi connectivity index (χ1) is 16.3. The van der Waals surface area contributed by atoms with Crippen LogP contribution in [0.2, 0.25) is 15.1 Å². The SMILES string of the molecule is N=Cc1c([NH2+]c2ccc([N+](=O)[O-])cc2)nc(-c2ccc(Cl)cc2Cl)n(-c2ccc(Cl)cc2)c1=O. The summed E-state index contributed by atoms with van der Waals surface area (Å²) in [6.07, 6.45) is 0.923. The first-order valence-electron chi connectivity index (χ1n) is 9.76. The minimum atomic E-state index is -0.501. The lowest BCUT2D eigenvalue weighted by Crippen LogP contribution is -2.72. The van der Waals surface area contributed by atoms with Crippen LogP contribution in [-0.2, 0) is 0 Å². The molecule has 0 bridgehead atoms. The van der Waals surface area contributed by atoms with Crippen molar-refractivity contribution in [3.63, 3.8) is 0 Å². The third kappa shape index (κ3) is 4.71. The van der Waals surface area contributed by atoms with Crippen LogP contribution in [0.3, 0.4) is 0 Å². The van der Waals surface area contributed by atoms with Crippen LogP contribution in [0.25, 0.3) is 17.1 Å². The Morgan fingerprint density at radius 2 is 1.62 bits per heavy atom. The molecule has 0 aliphatic carbocycles. The van der Waals surface area contributed by atoms with E-state index in [2.05, 4.69) is 4.98 Å². The van der Waals surface area contributed by atoms with E-state index >= 15 is 0 Å². The van der Waals surface area contributed by atoms with Gasteiger partial charge in [0, 0.05) is 46.1 Å². The molecule has 0 amide bonds. The molecule has 0 aliphatic heterocycles. The first kappa shape index (κ1) is 23.6. The fourth-order valence-corrected chi connectivity index (χ4v) is 3.95. The fraction of sp³-hybridized carbons (Fsp3) is 0. The molecule has 1 aromatic heterocycles. The van der Waals surface area contributed by atoms with Crippen LogP contribution >= 0.6 is 34.8 Å². The second-order valence-electron chi connectivity index (χ2n) is 7.11. The molecule has 0 radical (unpaired) electrons. The Kier molecular flexibility index (Phi) is 6.76. The number of nitro benzene ring substituents is 1. The first-order valence-corrected chi connectivity index (χ1v) is 10.9. The van der Waals surface area contributed by atoms with Gasteiger partial charge in [0.1, 0.15) is 11.3 Å². The van der Waals surface area contributed by atoms with E-state index in [4.69, 9.17) is 40.2 Å². The topological polar surface area (TPSA) is 118 Å². The van der Waals surface area contributed by atoms with E-state index in [0.29, 0.717) is 27.0 Å². The van der Waals surface area contributed by atoms with Crippen molar-refractivity contribution in [3.05, 3.63) is 108 Å². The predicted octanol–water partition coefficient (Wildman–Crippen LogP) is 5.29. The molecule has 170 valence electrons. The number of hydrogen-bond donors (Lipinski definition) is 2. The molecule has 0 aliphatic rings. The van der Waals surface area contributed by atoms with E-state index in [9.17, 15) is 14.9 Å². The Labute approximate surface area is 208 Å². The molecule has 1 heterocycles. The summed E-state index contributed by atoms with van der Waals surface area (Å²) in [4.78, 5) is 28.7. The fourth-order valence-electron chi connectivity index (χ4n) is 3.33. The molecular formula is C23H15Cl3N5O3+. The van der Waals surface area contributed by atoms with E-state index < -0.39 is 10.5 Å². The van der Waals surface area contributed by atoms with Crippen molar-refractivity contribution in [2.45, 2.75) is 0 Å². The van der Waals surface area contributed by atoms with Gasteiger partial charge in [0.15, 0.2) is 5.82 Å². The third-order valence-corrected chi connectivity index (χ3v) is 5.76. The number of quaternary nitrogens is 1. The number of nitrogens with one attached hydrogen (secondary N) is 1. The summed E-state index contributed by atoms with van der Waals surface area (Å²) >= 11 is 18.5. The minimum absolute atomic E-state index is 0.0298. The highest BCUT2D eigenvalue weighted by atomic mass is 35.5. The Morgan fingerprint density at radius 1 is 0.971 bits per heavy atom. The summed E-state index contributed by atoms with van der Waals surface area (Å²) in [6.45, 7) is 0. The third-order valence-electron chi connectivity index (χ3n) is 4.96. The molecule has 0 saturated heterocycles. The van der Waals surface area contributed by atoms with Gasteiger partial charge in [-0.25, -0.2) is 0 Å². The number of nitrogens with zero attached hydrogens (tertiary/aromatic N) is 3. The highest BCUT2D eigenvalue weighted by Gasteiger charge is 2.23. The minimum Gasteiger partial charge on any atom is -0.308 e. The number of halogens is 3. The van der Waals surface area contributed by atoms with Gasteiger partial charge in [-0.15, -0.1) is 0 Å². The maximum Gasteiger partial charge on any atom is 0.273 e. The summed E-state index contributed by atoms with van der Waals surface area (Å²) in [6, 6.07) is 17.2. The van der Waals surface area contributed by atoms with Gasteiger partial charge in [-0.05, 0) is 42.5 Å². The summed E-state index contributed by atoms with van der Waals surface area (Å²) < 4.78 is 1.35. The van der Waals surface area contributed by atoms with Crippen molar-refractivity contribution in [2.24, 2.45) is 0 Å². The number of nitro groups is 1. The summed E-state index contributed by atoms with van der Waals surface area (Å²) in [5.74, 6) is 0.438. The van der Waals surface area contributed by atoms with Gasteiger partial charge < -0.3 is 5.41 Å². The van der Waals surface area contributed by atoms with Crippen molar-refractivity contribution in [2.75, 3.05) is 0 Å². The highest BCUT2D eigenvalue weighted by molar-refractivity contribution is 6.36. The van der Waals surface area contributed by atoms with Crippen LogP contribution in [0.5, 0.6) is 0 Å². The van der Waals surface area contributed by atoms with Crippen LogP contribution < -0.4 is 10.9 Å². The molecule has 4 rings (SSSR count). The van der Waals surface area contributed by atoms with Crippen LogP contribution in [0.1, 0.15) is 5.56 Å². The standard InChI is InChI=1S/C23H14Cl3N5O3/c24-13-1-6-16(7-2-13)30-22(18-10-3-14(25)11-20(18)26)29-21(19(12-27)23(30)32)28-15-4-8-17(9-5-15)31(33)34/h1-12,27-28H/p+1. The van der Waals surface area contributed by atoms with Crippen LogP contribution in [0.4, 0.5) is 17.2 Å². The van der Waals surface area contributed by atoms with Gasteiger partial charge in [0.2, 0.25) is 5.82 Å². The van der Waals surface area contributed by atoms with Crippen molar-refractivity contribution in [1.29, 1.82) is 5.41 Å². The van der Waals surface area contributed by atoms with E-state index in [1.807, 2.05) is 0 Å². The highest BCUT2D eigenvalue weighted by Crippen LogP contribution is 2.31. The largest absolute Gasteiger partial charge is 0.308 e. The van der Waals surface area contributed by atoms with Crippen molar-refractivity contribution >= 4 is 58.2 Å². The zero-order valence-corrected chi connectivity index (χ0v) is 19.5. The monoisotopic (exact) mass is 514 g/mol. The van der Waals surface area contributed by atoms with Gasteiger partial charge in [-0.3, -0.25) is 24.8 Å². The van der Waals surface area contributed by atoms with Crippen LogP contribution in [0, 0.1) is 15.5 Å². The lowest BCUT2D eigenvalue weighted by Gasteiger charge is -2.16. The smallest absolute Gasteiger partial charge is 0.273 e. The van der Waals surface area contributed by atoms with Crippen LogP contribution in [-0.4, -0.2) is 20.7 Å². The molecule has 8 nitrogen and oxygen atoms in total. The zero-order valence-electron chi connectivity index (χ0n) is 17.2. The molecule has 0 atom stereocenters. The Balaban J connectivity index is 1.95. The zero-order chi connectivity index (χ0) is 24.4. The number of aromatic nitrogens is 2. The molecule has 11 heteroatoms. The number of non-ortho nitro benzene ring substituents is 1. The van der Waals surface area contributed by atoms with E-state index in [1.165, 1.54) is 28.8 Å². The van der Waals surface area contributed by atoms with Crippen LogP contribution in [0.15, 0.2) is 71.5 Å². The quantitative estimate of drug-likeness (QED) is 0.157. The van der Waals surface area contributed by atoms with Gasteiger partial charge in [-0.1, -0.05) is 34.8 Å². The summed E-state index contributed by atoms with van der Waals surface area (Å²) in [7, 11) is 0. The number of benzene rings is 3. The normalized spacial score (nSPS) is 10.8. The van der Waals surface area contributed by atoms with Crippen molar-refractivity contribution < 1.29 is 10.2 Å². The number of nitrogens with two attached hydrogens (primary N) is 1. The Bertz CT molecular complexity index is 1470. The maximum absolute atomic E-state index is 13.6. The molecule has 0 unspecified atom stereocenters. The molecule has 34 heavy (non-hydrogen) atoms. The van der Waals surface area contributed by atoms with E-state index in [0.717, 1.165) is 6.21 Å². The van der Waals surface area contributed by atoms with Gasteiger partial charge >= 0.3 is 0 Å². The lowest BCUT2D eigenvalue weighted by molar-refractivity contribution is -0.483. The lowest BCUT2D eigenvalue weighted by atomic mass is 10.1. The average Bonchev–Trinajstić information content (AvgIpc) is 2.80. The molecule has 3 aromatic carbocycles. The maximum atomic E-state index is 13.6. The molecule has 0 fully saturated rings. The van der Waals surface area contributed by atoms with Crippen molar-refractivity contribution in [1.82, 2.24) is 9.55 Å². The molecule has 0 saturated carbocycles. The molecular weight excluding hydrogens is 501 g/mol. The molecule has 4 aromatic rings. The predicted molar refractivity (Wildman–Crippen MR) is 133 cm³/mol. The Hall–Kier alpha value is -3.56.